The maximum absolute atomic E-state index is 11.8. The van der Waals surface area contributed by atoms with Crippen LogP contribution in [0.15, 0.2) is 12.0 Å². The van der Waals surface area contributed by atoms with Crippen LogP contribution in [0.5, 0.6) is 0 Å². The van der Waals surface area contributed by atoms with Crippen LogP contribution in [0, 0.1) is 0 Å². The highest BCUT2D eigenvalue weighted by atomic mass is 16.5. The smallest absolute Gasteiger partial charge is 0.230 e. The number of hydrogen-bond acceptors (Lipinski definition) is 4. The second-order valence-electron chi connectivity index (χ2n) is 6.01. The Morgan fingerprint density at radius 2 is 2.00 bits per heavy atom. The summed E-state index contributed by atoms with van der Waals surface area (Å²) >= 11 is 0. The number of hydroxylamine groups is 2. The van der Waals surface area contributed by atoms with Gasteiger partial charge in [-0.2, -0.15) is 5.06 Å². The molecule has 0 bridgehead atoms. The van der Waals surface area contributed by atoms with Crippen molar-refractivity contribution in [3.63, 3.8) is 0 Å². The van der Waals surface area contributed by atoms with Crippen molar-refractivity contribution < 1.29 is 15.1 Å². The lowest BCUT2D eigenvalue weighted by Crippen LogP contribution is -2.54. The predicted octanol–water partition coefficient (Wildman–Crippen LogP) is 0.441. The molecule has 96 valence electrons. The number of rotatable bonds is 1. The molecule has 5 heteroatoms. The van der Waals surface area contributed by atoms with Gasteiger partial charge in [-0.05, 0) is 40.0 Å². The minimum Gasteiger partial charge on any atom is -0.860 e. The lowest BCUT2D eigenvalue weighted by atomic mass is 9.93. The first-order valence-corrected chi connectivity index (χ1v) is 5.86. The minimum absolute atomic E-state index is 0.167. The van der Waals surface area contributed by atoms with Crippen LogP contribution in [0.25, 0.3) is 0 Å². The van der Waals surface area contributed by atoms with Crippen molar-refractivity contribution in [2.24, 2.45) is 0 Å². The summed E-state index contributed by atoms with van der Waals surface area (Å²) in [6, 6.07) is -0.277. The molecule has 0 aromatic heterocycles. The molecule has 1 N–H and O–H groups in total. The monoisotopic (exact) mass is 239 g/mol. The molecule has 2 heterocycles. The molecule has 0 aromatic carbocycles. The normalized spacial score (nSPS) is 32.1. The highest BCUT2D eigenvalue weighted by Gasteiger charge is 2.54. The first-order valence-electron chi connectivity index (χ1n) is 5.86. The molecule has 1 amide bonds. The summed E-state index contributed by atoms with van der Waals surface area (Å²) in [4.78, 5) is 13.1. The fraction of sp³-hybridized carbons (Fsp3) is 0.750. The third-order valence-electron chi connectivity index (χ3n) is 3.90. The molecule has 0 unspecified atom stereocenters. The van der Waals surface area contributed by atoms with E-state index in [0.29, 0.717) is 6.42 Å². The maximum Gasteiger partial charge on any atom is 0.230 e. The van der Waals surface area contributed by atoms with Crippen LogP contribution < -0.4 is 5.11 Å². The molecule has 2 rings (SSSR count). The van der Waals surface area contributed by atoms with Crippen LogP contribution in [-0.4, -0.2) is 38.2 Å². The van der Waals surface area contributed by atoms with E-state index < -0.39 is 11.1 Å². The Morgan fingerprint density at radius 3 is 2.35 bits per heavy atom. The van der Waals surface area contributed by atoms with E-state index >= 15 is 0 Å². The van der Waals surface area contributed by atoms with Gasteiger partial charge >= 0.3 is 0 Å². The van der Waals surface area contributed by atoms with Gasteiger partial charge in [0, 0.05) is 12.0 Å². The lowest BCUT2D eigenvalue weighted by molar-refractivity contribution is -0.331. The highest BCUT2D eigenvalue weighted by Crippen LogP contribution is 2.43. The Kier molecular flexibility index (Phi) is 2.52. The van der Waals surface area contributed by atoms with Crippen LogP contribution in [0.1, 0.15) is 40.5 Å². The molecule has 2 aliphatic rings. The number of amides is 1. The molecule has 1 atom stereocenters. The van der Waals surface area contributed by atoms with Crippen molar-refractivity contribution >= 4 is 5.91 Å². The van der Waals surface area contributed by atoms with Gasteiger partial charge in [0.1, 0.15) is 0 Å². The summed E-state index contributed by atoms with van der Waals surface area (Å²) in [6.07, 6.45) is 2.17. The zero-order valence-electron chi connectivity index (χ0n) is 10.7. The van der Waals surface area contributed by atoms with Crippen molar-refractivity contribution in [3.05, 3.63) is 12.0 Å². The van der Waals surface area contributed by atoms with E-state index in [1.807, 2.05) is 27.7 Å². The molecule has 1 fully saturated rings. The zero-order valence-corrected chi connectivity index (χ0v) is 10.7. The Labute approximate surface area is 101 Å². The van der Waals surface area contributed by atoms with Crippen LogP contribution in [0.3, 0.4) is 0 Å². The summed E-state index contributed by atoms with van der Waals surface area (Å²) in [5.74, 6) is -0.404. The van der Waals surface area contributed by atoms with Crippen LogP contribution >= 0.6 is 0 Å². The van der Waals surface area contributed by atoms with Gasteiger partial charge in [0.2, 0.25) is 5.91 Å². The van der Waals surface area contributed by atoms with E-state index in [1.165, 1.54) is 16.0 Å². The predicted molar refractivity (Wildman–Crippen MR) is 59.7 cm³/mol. The molecular weight excluding hydrogens is 220 g/mol. The molecule has 0 spiro atoms. The summed E-state index contributed by atoms with van der Waals surface area (Å²) in [7, 11) is 0. The van der Waals surface area contributed by atoms with Crippen molar-refractivity contribution in [1.82, 2.24) is 9.96 Å². The molecule has 1 saturated heterocycles. The summed E-state index contributed by atoms with van der Waals surface area (Å²) in [5, 5.41) is 23.2. The molecule has 17 heavy (non-hydrogen) atoms. The van der Waals surface area contributed by atoms with Gasteiger partial charge in [0.15, 0.2) is 0 Å². The average Bonchev–Trinajstić information content (AvgIpc) is 2.60. The standard InChI is InChI=1S/C12H20N2O3/c1-11(2)7-8(12(3,4)14(11)17)13-9(15)5-6-10(13)16/h5,8,15,17H,6-7H2,1-4H3/p-1/t8-/m0/s1. The van der Waals surface area contributed by atoms with Gasteiger partial charge in [0.05, 0.1) is 11.6 Å². The van der Waals surface area contributed by atoms with Crippen molar-refractivity contribution in [3.8, 4) is 0 Å². The van der Waals surface area contributed by atoms with E-state index in [0.717, 1.165) is 0 Å². The van der Waals surface area contributed by atoms with Crippen LogP contribution in [0.4, 0.5) is 0 Å². The quantitative estimate of drug-likeness (QED) is 0.721. The molecule has 0 aromatic rings. The van der Waals surface area contributed by atoms with Crippen molar-refractivity contribution in [2.45, 2.75) is 57.7 Å². The molecular formula is C12H19N2O3-. The van der Waals surface area contributed by atoms with Gasteiger partial charge in [0.25, 0.3) is 0 Å². The number of carbonyl (C=O) groups excluding carboxylic acids is 1. The summed E-state index contributed by atoms with van der Waals surface area (Å²) in [6.45, 7) is 7.52. The minimum atomic E-state index is -0.618. The molecule has 2 aliphatic heterocycles. The SMILES string of the molecule is CC1(C)C[C@H](N2C(=O)CC=C2[O-])C(C)(C)N1O. The average molecular weight is 239 g/mol. The number of nitrogens with zero attached hydrogens (tertiary/aromatic N) is 2. The molecule has 0 radical (unpaired) electrons. The zero-order chi connectivity index (χ0) is 13.0. The van der Waals surface area contributed by atoms with E-state index in [1.54, 1.807) is 0 Å². The highest BCUT2D eigenvalue weighted by molar-refractivity contribution is 5.82. The Morgan fingerprint density at radius 1 is 1.41 bits per heavy atom. The van der Waals surface area contributed by atoms with Gasteiger partial charge in [-0.15, -0.1) is 0 Å². The van der Waals surface area contributed by atoms with Crippen molar-refractivity contribution in [2.75, 3.05) is 0 Å². The summed E-state index contributed by atoms with van der Waals surface area (Å²) in [5.41, 5.74) is -1.05. The fourth-order valence-corrected chi connectivity index (χ4v) is 2.96. The topological polar surface area (TPSA) is 66.8 Å². The fourth-order valence-electron chi connectivity index (χ4n) is 2.96. The molecule has 5 nitrogen and oxygen atoms in total. The number of hydrogen-bond donors (Lipinski definition) is 1. The Hall–Kier alpha value is -1.07. The van der Waals surface area contributed by atoms with Crippen LogP contribution in [-0.2, 0) is 4.79 Å². The molecule has 0 saturated carbocycles. The first-order chi connectivity index (χ1) is 7.68. The van der Waals surface area contributed by atoms with Gasteiger partial charge in [-0.1, -0.05) is 6.08 Å². The first kappa shape index (κ1) is 12.4. The third kappa shape index (κ3) is 1.65. The lowest BCUT2D eigenvalue weighted by Gasteiger charge is -2.40. The van der Waals surface area contributed by atoms with Crippen molar-refractivity contribution in [1.29, 1.82) is 0 Å². The molecule has 0 aliphatic carbocycles. The Balaban J connectivity index is 2.34. The Bertz CT molecular complexity index is 387. The summed E-state index contributed by atoms with van der Waals surface area (Å²) < 4.78 is 0. The van der Waals surface area contributed by atoms with E-state index in [9.17, 15) is 15.1 Å². The van der Waals surface area contributed by atoms with Gasteiger partial charge in [-0.3, -0.25) is 4.79 Å². The van der Waals surface area contributed by atoms with Gasteiger partial charge in [-0.25, -0.2) is 0 Å². The largest absolute Gasteiger partial charge is 0.860 e. The van der Waals surface area contributed by atoms with Crippen LogP contribution in [0.2, 0.25) is 0 Å². The van der Waals surface area contributed by atoms with E-state index in [2.05, 4.69) is 0 Å². The third-order valence-corrected chi connectivity index (χ3v) is 3.90. The van der Waals surface area contributed by atoms with E-state index in [-0.39, 0.29) is 24.3 Å². The number of carbonyl (C=O) groups is 1. The van der Waals surface area contributed by atoms with Gasteiger partial charge < -0.3 is 15.2 Å². The maximum atomic E-state index is 11.8. The van der Waals surface area contributed by atoms with E-state index in [4.69, 9.17) is 0 Å². The second-order valence-corrected chi connectivity index (χ2v) is 6.01. The second kappa shape index (κ2) is 3.46.